The van der Waals surface area contributed by atoms with E-state index in [9.17, 15) is 8.42 Å². The Bertz CT molecular complexity index is 826. The van der Waals surface area contributed by atoms with Crippen LogP contribution < -0.4 is 0 Å². The number of allylic oxidation sites excluding steroid dienone is 1. The van der Waals surface area contributed by atoms with Gasteiger partial charge in [-0.15, -0.1) is 0 Å². The Morgan fingerprint density at radius 3 is 2.81 bits per heavy atom. The van der Waals surface area contributed by atoms with Gasteiger partial charge in [0, 0.05) is 12.5 Å². The van der Waals surface area contributed by atoms with Crippen molar-refractivity contribution in [2.45, 2.75) is 12.1 Å². The van der Waals surface area contributed by atoms with Crippen LogP contribution in [0.15, 0.2) is 41.4 Å². The fourth-order valence-corrected chi connectivity index (χ4v) is 2.13. The zero-order valence-corrected chi connectivity index (χ0v) is 12.9. The molecule has 0 radical (unpaired) electrons. The number of imidazole rings is 1. The highest BCUT2D eigenvalue weighted by atomic mass is 35.5. The third kappa shape index (κ3) is 3.34. The lowest BCUT2D eigenvalue weighted by Gasteiger charge is -2.05. The highest BCUT2D eigenvalue weighted by Gasteiger charge is 2.15. The molecule has 0 saturated heterocycles. The molecule has 0 aliphatic heterocycles. The van der Waals surface area contributed by atoms with Crippen LogP contribution >= 0.6 is 11.6 Å². The second kappa shape index (κ2) is 5.74. The quantitative estimate of drug-likeness (QED) is 0.629. The largest absolute Gasteiger partial charge is 0.247 e. The van der Waals surface area contributed by atoms with E-state index in [4.69, 9.17) is 11.6 Å². The molecular weight excluding hydrogens is 314 g/mol. The Labute approximate surface area is 126 Å². The summed E-state index contributed by atoms with van der Waals surface area (Å²) in [4.78, 5) is 11.9. The van der Waals surface area contributed by atoms with Crippen LogP contribution in [0.5, 0.6) is 0 Å². The SMILES string of the molecule is C=CC(Cl)=Nn1c(-c2ccnc(S(C)(=O)=O)n2)cnc1C. The van der Waals surface area contributed by atoms with Crippen molar-refractivity contribution in [3.8, 4) is 11.4 Å². The van der Waals surface area contributed by atoms with Crippen LogP contribution in [0.4, 0.5) is 0 Å². The van der Waals surface area contributed by atoms with Gasteiger partial charge in [0.15, 0.2) is 0 Å². The lowest BCUT2D eigenvalue weighted by atomic mass is 10.3. The van der Waals surface area contributed by atoms with Crippen molar-refractivity contribution in [3.05, 3.63) is 36.9 Å². The zero-order chi connectivity index (χ0) is 15.6. The fourth-order valence-electron chi connectivity index (χ4n) is 1.54. The van der Waals surface area contributed by atoms with E-state index in [1.165, 1.54) is 23.1 Å². The summed E-state index contributed by atoms with van der Waals surface area (Å²) in [5, 5.41) is 4.03. The van der Waals surface area contributed by atoms with Gasteiger partial charge < -0.3 is 0 Å². The topological polar surface area (TPSA) is 90.1 Å². The molecule has 0 aliphatic carbocycles. The molecule has 0 atom stereocenters. The number of nitrogens with zero attached hydrogens (tertiary/aromatic N) is 5. The molecule has 2 rings (SSSR count). The van der Waals surface area contributed by atoms with E-state index in [1.54, 1.807) is 13.0 Å². The molecule has 2 aromatic heterocycles. The van der Waals surface area contributed by atoms with Gasteiger partial charge >= 0.3 is 0 Å². The first kappa shape index (κ1) is 15.3. The summed E-state index contributed by atoms with van der Waals surface area (Å²) in [6.07, 6.45) is 5.32. The molecule has 0 amide bonds. The maximum absolute atomic E-state index is 11.5. The van der Waals surface area contributed by atoms with Crippen molar-refractivity contribution in [2.75, 3.05) is 6.26 Å². The van der Waals surface area contributed by atoms with Crippen LogP contribution in [0.3, 0.4) is 0 Å². The third-order valence-electron chi connectivity index (χ3n) is 2.50. The highest BCUT2D eigenvalue weighted by molar-refractivity contribution is 7.90. The van der Waals surface area contributed by atoms with Crippen molar-refractivity contribution in [1.82, 2.24) is 19.6 Å². The molecule has 21 heavy (non-hydrogen) atoms. The predicted molar refractivity (Wildman–Crippen MR) is 80.0 cm³/mol. The minimum absolute atomic E-state index is 0.176. The van der Waals surface area contributed by atoms with Crippen LogP contribution in [0.25, 0.3) is 11.4 Å². The molecule has 9 heteroatoms. The van der Waals surface area contributed by atoms with E-state index in [2.05, 4.69) is 26.6 Å². The predicted octanol–water partition coefficient (Wildman–Crippen LogP) is 1.64. The highest BCUT2D eigenvalue weighted by Crippen LogP contribution is 2.19. The van der Waals surface area contributed by atoms with E-state index >= 15 is 0 Å². The molecule has 7 nitrogen and oxygen atoms in total. The van der Waals surface area contributed by atoms with Crippen molar-refractivity contribution in [2.24, 2.45) is 5.10 Å². The second-order valence-corrected chi connectivity index (χ2v) is 6.42. The van der Waals surface area contributed by atoms with Gasteiger partial charge in [0.2, 0.25) is 15.0 Å². The average Bonchev–Trinajstić information content (AvgIpc) is 2.79. The van der Waals surface area contributed by atoms with E-state index in [-0.39, 0.29) is 10.3 Å². The van der Waals surface area contributed by atoms with Gasteiger partial charge in [0.05, 0.1) is 11.9 Å². The summed E-state index contributed by atoms with van der Waals surface area (Å²) in [6, 6.07) is 1.57. The van der Waals surface area contributed by atoms with Crippen molar-refractivity contribution >= 4 is 26.6 Å². The van der Waals surface area contributed by atoms with Crippen molar-refractivity contribution in [3.63, 3.8) is 0 Å². The molecule has 0 bridgehead atoms. The first-order valence-corrected chi connectivity index (χ1v) is 8.04. The molecule has 0 N–H and O–H groups in total. The molecule has 0 fully saturated rings. The smallest absolute Gasteiger partial charge is 0.239 e. The summed E-state index contributed by atoms with van der Waals surface area (Å²) in [7, 11) is -3.50. The Kier molecular flexibility index (Phi) is 4.19. The summed E-state index contributed by atoms with van der Waals surface area (Å²) in [5.41, 5.74) is 0.878. The molecule has 0 aliphatic rings. The maximum atomic E-state index is 11.5. The van der Waals surface area contributed by atoms with Crippen LogP contribution in [-0.4, -0.2) is 39.5 Å². The molecule has 0 saturated carbocycles. The Balaban J connectivity index is 2.61. The van der Waals surface area contributed by atoms with Gasteiger partial charge in [-0.3, -0.25) is 0 Å². The van der Waals surface area contributed by atoms with E-state index in [0.29, 0.717) is 17.2 Å². The van der Waals surface area contributed by atoms with Gasteiger partial charge in [0.25, 0.3) is 0 Å². The molecule has 0 aromatic carbocycles. The monoisotopic (exact) mass is 325 g/mol. The molecule has 2 aromatic rings. The Hall–Kier alpha value is -2.06. The van der Waals surface area contributed by atoms with Crippen LogP contribution in [0, 0.1) is 6.92 Å². The van der Waals surface area contributed by atoms with Gasteiger partial charge in [-0.2, -0.15) is 5.10 Å². The van der Waals surface area contributed by atoms with Gasteiger partial charge in [-0.25, -0.2) is 28.0 Å². The molecule has 2 heterocycles. The van der Waals surface area contributed by atoms with E-state index < -0.39 is 9.84 Å². The minimum Gasteiger partial charge on any atom is -0.239 e. The number of aryl methyl sites for hydroxylation is 1. The average molecular weight is 326 g/mol. The Morgan fingerprint density at radius 2 is 2.19 bits per heavy atom. The third-order valence-corrected chi connectivity index (χ3v) is 3.59. The summed E-state index contributed by atoms with van der Waals surface area (Å²) in [5.74, 6) is 0.574. The molecular formula is C12H12ClN5O2S. The second-order valence-electron chi connectivity index (χ2n) is 4.13. The lowest BCUT2D eigenvalue weighted by Crippen LogP contribution is -2.05. The maximum Gasteiger partial charge on any atom is 0.247 e. The van der Waals surface area contributed by atoms with E-state index in [0.717, 1.165) is 6.26 Å². The van der Waals surface area contributed by atoms with Gasteiger partial charge in [-0.1, -0.05) is 18.2 Å². The summed E-state index contributed by atoms with van der Waals surface area (Å²) in [6.45, 7) is 5.25. The van der Waals surface area contributed by atoms with E-state index in [1.807, 2.05) is 0 Å². The first-order chi connectivity index (χ1) is 9.82. The first-order valence-electron chi connectivity index (χ1n) is 5.77. The number of aromatic nitrogens is 4. The lowest BCUT2D eigenvalue weighted by molar-refractivity contribution is 0.593. The van der Waals surface area contributed by atoms with Crippen LogP contribution in [-0.2, 0) is 9.84 Å². The van der Waals surface area contributed by atoms with Crippen molar-refractivity contribution in [1.29, 1.82) is 0 Å². The summed E-state index contributed by atoms with van der Waals surface area (Å²) < 4.78 is 24.5. The molecule has 110 valence electrons. The summed E-state index contributed by atoms with van der Waals surface area (Å²) >= 11 is 5.85. The van der Waals surface area contributed by atoms with Gasteiger partial charge in [0.1, 0.15) is 16.7 Å². The number of rotatable bonds is 4. The van der Waals surface area contributed by atoms with Crippen LogP contribution in [0.2, 0.25) is 0 Å². The van der Waals surface area contributed by atoms with Crippen LogP contribution in [0.1, 0.15) is 5.82 Å². The molecule has 0 spiro atoms. The normalized spacial score (nSPS) is 12.4. The minimum atomic E-state index is -3.50. The van der Waals surface area contributed by atoms with Gasteiger partial charge in [-0.05, 0) is 19.1 Å². The number of hydrogen-bond acceptors (Lipinski definition) is 6. The number of hydrogen-bond donors (Lipinski definition) is 0. The number of halogens is 1. The number of sulfone groups is 1. The fraction of sp³-hybridized carbons (Fsp3) is 0.167. The van der Waals surface area contributed by atoms with Crippen molar-refractivity contribution < 1.29 is 8.42 Å². The zero-order valence-electron chi connectivity index (χ0n) is 11.4. The Morgan fingerprint density at radius 1 is 1.48 bits per heavy atom. The standard InChI is InChI=1S/C12H12ClN5O2S/c1-4-11(13)17-18-8(2)15-7-10(18)9-5-6-14-12(16-9)21(3,19)20/h4-7H,1H2,2-3H3. The molecule has 0 unspecified atom stereocenters.